The Kier molecular flexibility index (Phi) is 3.70. The van der Waals surface area contributed by atoms with Gasteiger partial charge in [-0.1, -0.05) is 11.6 Å². The van der Waals surface area contributed by atoms with Crippen molar-refractivity contribution < 1.29 is 10.2 Å². The number of aryl methyl sites for hydroxylation is 1. The number of rotatable bonds is 3. The van der Waals surface area contributed by atoms with Gasteiger partial charge in [-0.05, 0) is 56.5 Å². The maximum atomic E-state index is 9.99. The van der Waals surface area contributed by atoms with E-state index in [1.807, 2.05) is 19.9 Å². The van der Waals surface area contributed by atoms with E-state index in [0.717, 1.165) is 5.56 Å². The predicted molar refractivity (Wildman–Crippen MR) is 86.1 cm³/mol. The van der Waals surface area contributed by atoms with Crippen molar-refractivity contribution in [3.63, 3.8) is 0 Å². The molecule has 0 amide bonds. The number of aromatic nitrogens is 2. The molecule has 1 aromatic carbocycles. The average molecular weight is 320 g/mol. The molecule has 0 aliphatic heterocycles. The lowest BCUT2D eigenvalue weighted by molar-refractivity contribution is -0.0235. The lowest BCUT2D eigenvalue weighted by Gasteiger charge is -2.41. The molecule has 2 aromatic rings. The van der Waals surface area contributed by atoms with Crippen molar-refractivity contribution in [2.75, 3.05) is 5.32 Å². The fourth-order valence-corrected chi connectivity index (χ4v) is 3.01. The Balaban J connectivity index is 1.80. The van der Waals surface area contributed by atoms with E-state index in [1.54, 1.807) is 12.1 Å². The van der Waals surface area contributed by atoms with Crippen LogP contribution in [0.2, 0.25) is 5.02 Å². The molecule has 0 bridgehead atoms. The van der Waals surface area contributed by atoms with Crippen molar-refractivity contribution in [3.8, 4) is 17.0 Å². The van der Waals surface area contributed by atoms with Crippen molar-refractivity contribution in [3.05, 3.63) is 34.9 Å². The van der Waals surface area contributed by atoms with Gasteiger partial charge in [0.1, 0.15) is 11.6 Å². The topological polar surface area (TPSA) is 78.3 Å². The first-order valence-electron chi connectivity index (χ1n) is 7.16. The molecular formula is C16H18ClN3O2. The molecule has 1 fully saturated rings. The van der Waals surface area contributed by atoms with Gasteiger partial charge in [-0.3, -0.25) is 0 Å². The van der Waals surface area contributed by atoms with E-state index in [0.29, 0.717) is 34.9 Å². The highest BCUT2D eigenvalue weighted by Crippen LogP contribution is 2.35. The molecule has 22 heavy (non-hydrogen) atoms. The summed E-state index contributed by atoms with van der Waals surface area (Å²) in [5.74, 6) is 0.760. The molecule has 6 heteroatoms. The van der Waals surface area contributed by atoms with Crippen LogP contribution in [-0.2, 0) is 0 Å². The van der Waals surface area contributed by atoms with Crippen LogP contribution in [0.3, 0.4) is 0 Å². The van der Waals surface area contributed by atoms with Gasteiger partial charge in [0.05, 0.1) is 11.3 Å². The van der Waals surface area contributed by atoms with E-state index < -0.39 is 5.60 Å². The number of hydrogen-bond acceptors (Lipinski definition) is 5. The van der Waals surface area contributed by atoms with E-state index in [-0.39, 0.29) is 11.8 Å². The number of phenols is 1. The number of nitrogens with zero attached hydrogens (tertiary/aromatic N) is 2. The van der Waals surface area contributed by atoms with Crippen molar-refractivity contribution in [2.45, 2.75) is 38.3 Å². The van der Waals surface area contributed by atoms with E-state index in [1.165, 1.54) is 6.07 Å². The third-order valence-corrected chi connectivity index (χ3v) is 4.16. The number of aliphatic hydroxyl groups is 1. The monoisotopic (exact) mass is 319 g/mol. The fourth-order valence-electron chi connectivity index (χ4n) is 2.84. The first-order valence-corrected chi connectivity index (χ1v) is 7.54. The highest BCUT2D eigenvalue weighted by Gasteiger charge is 2.38. The summed E-state index contributed by atoms with van der Waals surface area (Å²) in [4.78, 5) is 0. The predicted octanol–water partition coefficient (Wildman–Crippen LogP) is 3.14. The average Bonchev–Trinajstić information content (AvgIpc) is 2.38. The molecule has 1 aliphatic carbocycles. The third-order valence-electron chi connectivity index (χ3n) is 3.92. The maximum absolute atomic E-state index is 9.99. The third kappa shape index (κ3) is 3.00. The zero-order chi connectivity index (χ0) is 15.9. The highest BCUT2D eigenvalue weighted by atomic mass is 35.5. The zero-order valence-corrected chi connectivity index (χ0v) is 13.2. The number of halogens is 1. The minimum Gasteiger partial charge on any atom is -0.507 e. The molecule has 3 rings (SSSR count). The van der Waals surface area contributed by atoms with Crippen LogP contribution in [0.5, 0.6) is 5.75 Å². The van der Waals surface area contributed by atoms with Gasteiger partial charge < -0.3 is 15.5 Å². The second-order valence-corrected chi connectivity index (χ2v) is 6.61. The molecule has 116 valence electrons. The Morgan fingerprint density at radius 1 is 1.27 bits per heavy atom. The summed E-state index contributed by atoms with van der Waals surface area (Å²) in [6.45, 7) is 3.74. The summed E-state index contributed by atoms with van der Waals surface area (Å²) in [6, 6.07) is 7.04. The van der Waals surface area contributed by atoms with Gasteiger partial charge >= 0.3 is 0 Å². The van der Waals surface area contributed by atoms with Crippen LogP contribution >= 0.6 is 11.6 Å². The van der Waals surface area contributed by atoms with E-state index in [2.05, 4.69) is 15.5 Å². The second kappa shape index (κ2) is 5.41. The van der Waals surface area contributed by atoms with Gasteiger partial charge in [-0.25, -0.2) is 0 Å². The molecule has 3 N–H and O–H groups in total. The quantitative estimate of drug-likeness (QED) is 0.810. The Bertz CT molecular complexity index is 711. The summed E-state index contributed by atoms with van der Waals surface area (Å²) in [5, 5.41) is 31.8. The van der Waals surface area contributed by atoms with E-state index >= 15 is 0 Å². The van der Waals surface area contributed by atoms with Crippen LogP contribution < -0.4 is 5.32 Å². The van der Waals surface area contributed by atoms with E-state index in [9.17, 15) is 10.2 Å². The fraction of sp³-hybridized carbons (Fsp3) is 0.375. The van der Waals surface area contributed by atoms with Gasteiger partial charge in [0.25, 0.3) is 0 Å². The van der Waals surface area contributed by atoms with Gasteiger partial charge in [-0.15, -0.1) is 10.2 Å². The van der Waals surface area contributed by atoms with Crippen molar-refractivity contribution in [1.29, 1.82) is 0 Å². The Morgan fingerprint density at radius 3 is 2.59 bits per heavy atom. The summed E-state index contributed by atoms with van der Waals surface area (Å²) < 4.78 is 0. The largest absolute Gasteiger partial charge is 0.507 e. The van der Waals surface area contributed by atoms with Crippen molar-refractivity contribution in [2.24, 2.45) is 0 Å². The number of benzene rings is 1. The number of anilines is 1. The molecule has 0 saturated heterocycles. The Morgan fingerprint density at radius 2 is 2.00 bits per heavy atom. The summed E-state index contributed by atoms with van der Waals surface area (Å²) in [7, 11) is 0. The standard InChI is InChI=1S/C16H18ClN3O2/c1-9-5-14(18-11-7-16(2,22)8-11)19-20-15(9)12-4-3-10(17)6-13(12)21/h3-6,11,21-22H,7-8H2,1-2H3,(H,18,19). The lowest BCUT2D eigenvalue weighted by Crippen LogP contribution is -2.48. The summed E-state index contributed by atoms with van der Waals surface area (Å²) in [5.41, 5.74) is 1.56. The Labute approximate surface area is 134 Å². The van der Waals surface area contributed by atoms with Crippen LogP contribution in [0.15, 0.2) is 24.3 Å². The molecule has 0 unspecified atom stereocenters. The van der Waals surface area contributed by atoms with Gasteiger partial charge in [0.15, 0.2) is 0 Å². The van der Waals surface area contributed by atoms with Crippen LogP contribution in [0.1, 0.15) is 25.3 Å². The van der Waals surface area contributed by atoms with Gasteiger partial charge in [0, 0.05) is 16.6 Å². The van der Waals surface area contributed by atoms with E-state index in [4.69, 9.17) is 11.6 Å². The zero-order valence-electron chi connectivity index (χ0n) is 12.5. The molecule has 1 saturated carbocycles. The summed E-state index contributed by atoms with van der Waals surface area (Å²) >= 11 is 5.85. The smallest absolute Gasteiger partial charge is 0.149 e. The Hall–Kier alpha value is -1.85. The molecule has 5 nitrogen and oxygen atoms in total. The molecule has 0 radical (unpaired) electrons. The highest BCUT2D eigenvalue weighted by molar-refractivity contribution is 6.30. The van der Waals surface area contributed by atoms with Crippen LogP contribution in [-0.4, -0.2) is 32.1 Å². The second-order valence-electron chi connectivity index (χ2n) is 6.17. The molecule has 1 heterocycles. The minimum atomic E-state index is -0.574. The number of hydrogen-bond donors (Lipinski definition) is 3. The van der Waals surface area contributed by atoms with Crippen LogP contribution in [0, 0.1) is 6.92 Å². The van der Waals surface area contributed by atoms with Crippen LogP contribution in [0.25, 0.3) is 11.3 Å². The SMILES string of the molecule is Cc1cc(NC2CC(C)(O)C2)nnc1-c1ccc(Cl)cc1O. The van der Waals surface area contributed by atoms with Gasteiger partial charge in [0.2, 0.25) is 0 Å². The first kappa shape index (κ1) is 15.1. The normalized spacial score (nSPS) is 23.9. The molecule has 0 spiro atoms. The molecular weight excluding hydrogens is 302 g/mol. The summed E-state index contributed by atoms with van der Waals surface area (Å²) in [6.07, 6.45) is 1.40. The number of nitrogens with one attached hydrogen (secondary N) is 1. The lowest BCUT2D eigenvalue weighted by atomic mass is 9.77. The van der Waals surface area contributed by atoms with Crippen LogP contribution in [0.4, 0.5) is 5.82 Å². The van der Waals surface area contributed by atoms with Crippen molar-refractivity contribution in [1.82, 2.24) is 10.2 Å². The maximum Gasteiger partial charge on any atom is 0.149 e. The number of aromatic hydroxyl groups is 1. The van der Waals surface area contributed by atoms with Gasteiger partial charge in [-0.2, -0.15) is 0 Å². The molecule has 1 aliphatic rings. The van der Waals surface area contributed by atoms with Crippen molar-refractivity contribution >= 4 is 17.4 Å². The molecule has 1 aromatic heterocycles. The molecule has 0 atom stereocenters. The number of phenolic OH excluding ortho intramolecular Hbond substituents is 1. The first-order chi connectivity index (χ1) is 10.3. The minimum absolute atomic E-state index is 0.0839.